The van der Waals surface area contributed by atoms with Gasteiger partial charge in [0, 0.05) is 28.7 Å². The van der Waals surface area contributed by atoms with E-state index in [-0.39, 0.29) is 17.6 Å². The number of nitrogens with one attached hydrogen (secondary N) is 2. The number of benzene rings is 2. The summed E-state index contributed by atoms with van der Waals surface area (Å²) in [5.41, 5.74) is 6.15. The molecule has 0 aliphatic heterocycles. The normalized spacial score (nSPS) is 10.3. The molecule has 6 nitrogen and oxygen atoms in total. The molecule has 0 fully saturated rings. The third kappa shape index (κ3) is 4.65. The van der Waals surface area contributed by atoms with Gasteiger partial charge in [0.25, 0.3) is 5.91 Å². The summed E-state index contributed by atoms with van der Waals surface area (Å²) in [6.45, 7) is 0. The van der Waals surface area contributed by atoms with Crippen LogP contribution < -0.4 is 10.9 Å². The molecule has 2 N–H and O–H groups in total. The van der Waals surface area contributed by atoms with E-state index < -0.39 is 0 Å². The standard InChI is InChI=1S/C18H15ClN4O2S/c19-14-6-8-15(9-7-14)23-11-10-20-18(23)26-12-16(24)21-22-17(25)13-4-2-1-3-5-13/h1-11H,12H2,(H,21,24)(H,22,25). The highest BCUT2D eigenvalue weighted by Gasteiger charge is 2.10. The Labute approximate surface area is 159 Å². The van der Waals surface area contributed by atoms with Gasteiger partial charge in [0.15, 0.2) is 5.16 Å². The van der Waals surface area contributed by atoms with Crippen molar-refractivity contribution in [2.75, 3.05) is 5.75 Å². The predicted octanol–water partition coefficient (Wildman–Crippen LogP) is 3.08. The maximum atomic E-state index is 12.0. The van der Waals surface area contributed by atoms with Crippen LogP contribution in [0.15, 0.2) is 72.1 Å². The molecule has 0 saturated carbocycles. The monoisotopic (exact) mass is 386 g/mol. The van der Waals surface area contributed by atoms with Gasteiger partial charge in [-0.3, -0.25) is 25.0 Å². The van der Waals surface area contributed by atoms with Gasteiger partial charge >= 0.3 is 0 Å². The zero-order valence-corrected chi connectivity index (χ0v) is 15.1. The van der Waals surface area contributed by atoms with Crippen molar-refractivity contribution in [3.05, 3.63) is 77.6 Å². The number of carbonyl (C=O) groups is 2. The van der Waals surface area contributed by atoms with Crippen LogP contribution >= 0.6 is 23.4 Å². The molecule has 0 spiro atoms. The Hall–Kier alpha value is -2.77. The summed E-state index contributed by atoms with van der Waals surface area (Å²) in [6, 6.07) is 16.0. The van der Waals surface area contributed by atoms with Gasteiger partial charge in [0.1, 0.15) is 0 Å². The predicted molar refractivity (Wildman–Crippen MR) is 101 cm³/mol. The summed E-state index contributed by atoms with van der Waals surface area (Å²) in [7, 11) is 0. The molecular formula is C18H15ClN4O2S. The fourth-order valence-electron chi connectivity index (χ4n) is 2.15. The number of amides is 2. The Morgan fingerprint density at radius 2 is 1.77 bits per heavy atom. The number of hydrazine groups is 1. The van der Waals surface area contributed by atoms with Crippen molar-refractivity contribution in [1.82, 2.24) is 20.4 Å². The number of imidazole rings is 1. The summed E-state index contributed by atoms with van der Waals surface area (Å²) < 4.78 is 1.86. The van der Waals surface area contributed by atoms with E-state index in [1.165, 1.54) is 11.8 Å². The smallest absolute Gasteiger partial charge is 0.269 e. The first kappa shape index (κ1) is 18.0. The largest absolute Gasteiger partial charge is 0.295 e. The zero-order valence-electron chi connectivity index (χ0n) is 13.6. The van der Waals surface area contributed by atoms with Crippen LogP contribution in [0, 0.1) is 0 Å². The number of carbonyl (C=O) groups excluding carboxylic acids is 2. The quantitative estimate of drug-likeness (QED) is 0.522. The van der Waals surface area contributed by atoms with Gasteiger partial charge in [0.05, 0.1) is 5.75 Å². The van der Waals surface area contributed by atoms with Crippen molar-refractivity contribution in [1.29, 1.82) is 0 Å². The van der Waals surface area contributed by atoms with Crippen LogP contribution in [0.25, 0.3) is 5.69 Å². The number of hydrogen-bond donors (Lipinski definition) is 2. The highest BCUT2D eigenvalue weighted by Crippen LogP contribution is 2.21. The molecule has 2 aromatic carbocycles. The van der Waals surface area contributed by atoms with E-state index in [4.69, 9.17) is 11.6 Å². The fraction of sp³-hybridized carbons (Fsp3) is 0.0556. The molecule has 0 aliphatic carbocycles. The molecule has 1 heterocycles. The molecule has 3 aromatic rings. The van der Waals surface area contributed by atoms with Crippen molar-refractivity contribution in [2.24, 2.45) is 0 Å². The molecule has 0 atom stereocenters. The van der Waals surface area contributed by atoms with Crippen LogP contribution in [0.1, 0.15) is 10.4 Å². The highest BCUT2D eigenvalue weighted by atomic mass is 35.5. The molecular weight excluding hydrogens is 372 g/mol. The van der Waals surface area contributed by atoms with Crippen LogP contribution in [0.4, 0.5) is 0 Å². The second-order valence-corrected chi connectivity index (χ2v) is 6.59. The third-order valence-corrected chi connectivity index (χ3v) is 4.61. The van der Waals surface area contributed by atoms with E-state index >= 15 is 0 Å². The van der Waals surface area contributed by atoms with Crippen LogP contribution in [0.3, 0.4) is 0 Å². The second kappa shape index (κ2) is 8.55. The Balaban J connectivity index is 1.53. The molecule has 3 rings (SSSR count). The molecule has 8 heteroatoms. The Kier molecular flexibility index (Phi) is 5.93. The molecule has 0 bridgehead atoms. The lowest BCUT2D eigenvalue weighted by Crippen LogP contribution is -2.42. The zero-order chi connectivity index (χ0) is 18.4. The summed E-state index contributed by atoms with van der Waals surface area (Å²) >= 11 is 7.17. The van der Waals surface area contributed by atoms with E-state index in [9.17, 15) is 9.59 Å². The molecule has 26 heavy (non-hydrogen) atoms. The van der Waals surface area contributed by atoms with Gasteiger partial charge in [-0.2, -0.15) is 0 Å². The van der Waals surface area contributed by atoms with Gasteiger partial charge in [-0.05, 0) is 36.4 Å². The fourth-order valence-corrected chi connectivity index (χ4v) is 3.05. The topological polar surface area (TPSA) is 76.0 Å². The van der Waals surface area contributed by atoms with Gasteiger partial charge in [0.2, 0.25) is 5.91 Å². The van der Waals surface area contributed by atoms with Crippen LogP contribution in [-0.2, 0) is 4.79 Å². The van der Waals surface area contributed by atoms with E-state index in [1.807, 2.05) is 22.8 Å². The average Bonchev–Trinajstić information content (AvgIpc) is 3.14. The second-order valence-electron chi connectivity index (χ2n) is 5.21. The van der Waals surface area contributed by atoms with Crippen molar-refractivity contribution < 1.29 is 9.59 Å². The lowest BCUT2D eigenvalue weighted by atomic mass is 10.2. The Morgan fingerprint density at radius 3 is 2.50 bits per heavy atom. The summed E-state index contributed by atoms with van der Waals surface area (Å²) in [4.78, 5) is 28.1. The molecule has 1 aromatic heterocycles. The minimum atomic E-state index is -0.369. The van der Waals surface area contributed by atoms with Crippen molar-refractivity contribution >= 4 is 35.2 Å². The van der Waals surface area contributed by atoms with Crippen LogP contribution in [0.5, 0.6) is 0 Å². The Bertz CT molecular complexity index is 897. The molecule has 0 radical (unpaired) electrons. The van der Waals surface area contributed by atoms with Gasteiger partial charge in [-0.25, -0.2) is 4.98 Å². The SMILES string of the molecule is O=C(CSc1nccn1-c1ccc(Cl)cc1)NNC(=O)c1ccccc1. The van der Waals surface area contributed by atoms with E-state index in [0.29, 0.717) is 15.7 Å². The number of halogens is 1. The summed E-state index contributed by atoms with van der Waals surface area (Å²) in [5, 5.41) is 1.31. The van der Waals surface area contributed by atoms with Crippen LogP contribution in [0.2, 0.25) is 5.02 Å². The molecule has 0 saturated heterocycles. The van der Waals surface area contributed by atoms with E-state index in [0.717, 1.165) is 5.69 Å². The maximum Gasteiger partial charge on any atom is 0.269 e. The van der Waals surface area contributed by atoms with Crippen molar-refractivity contribution in [3.63, 3.8) is 0 Å². The first-order valence-corrected chi connectivity index (χ1v) is 9.06. The van der Waals surface area contributed by atoms with Gasteiger partial charge in [-0.1, -0.05) is 41.6 Å². The van der Waals surface area contributed by atoms with Gasteiger partial charge < -0.3 is 0 Å². The molecule has 132 valence electrons. The first-order chi connectivity index (χ1) is 12.6. The highest BCUT2D eigenvalue weighted by molar-refractivity contribution is 7.99. The minimum absolute atomic E-state index is 0.111. The number of aromatic nitrogens is 2. The Morgan fingerprint density at radius 1 is 1.04 bits per heavy atom. The number of hydrogen-bond acceptors (Lipinski definition) is 4. The number of nitrogens with zero attached hydrogens (tertiary/aromatic N) is 2. The lowest BCUT2D eigenvalue weighted by molar-refractivity contribution is -0.119. The molecule has 0 aliphatic rings. The lowest BCUT2D eigenvalue weighted by Gasteiger charge is -2.09. The summed E-state index contributed by atoms with van der Waals surface area (Å²) in [6.07, 6.45) is 3.46. The third-order valence-electron chi connectivity index (χ3n) is 3.40. The first-order valence-electron chi connectivity index (χ1n) is 7.70. The number of rotatable bonds is 5. The average molecular weight is 387 g/mol. The van der Waals surface area contributed by atoms with Crippen LogP contribution in [-0.4, -0.2) is 27.1 Å². The molecule has 2 amide bonds. The van der Waals surface area contributed by atoms with Crippen molar-refractivity contribution in [2.45, 2.75) is 5.16 Å². The molecule has 0 unspecified atom stereocenters. The number of thioether (sulfide) groups is 1. The van der Waals surface area contributed by atoms with Crippen molar-refractivity contribution in [3.8, 4) is 5.69 Å². The van der Waals surface area contributed by atoms with Gasteiger partial charge in [-0.15, -0.1) is 0 Å². The van der Waals surface area contributed by atoms with E-state index in [2.05, 4.69) is 15.8 Å². The summed E-state index contributed by atoms with van der Waals surface area (Å²) in [5.74, 6) is -0.587. The van der Waals surface area contributed by atoms with E-state index in [1.54, 1.807) is 48.8 Å². The minimum Gasteiger partial charge on any atom is -0.295 e. The maximum absolute atomic E-state index is 12.0.